The molecule has 28 heteroatoms. The third kappa shape index (κ3) is 16.0. The Balaban J connectivity index is 1.05. The highest BCUT2D eigenvalue weighted by molar-refractivity contribution is 5.07. The minimum atomic E-state index is -1.80. The first-order valence-corrected chi connectivity index (χ1v) is 25.9. The van der Waals surface area contributed by atoms with E-state index >= 15 is 0 Å². The van der Waals surface area contributed by atoms with E-state index in [1.54, 1.807) is 13.0 Å². The van der Waals surface area contributed by atoms with E-state index in [1.807, 2.05) is 19.9 Å². The van der Waals surface area contributed by atoms with Gasteiger partial charge in [-0.25, -0.2) is 0 Å². The van der Waals surface area contributed by atoms with Gasteiger partial charge in [-0.1, -0.05) is 34.9 Å². The fourth-order valence-electron chi connectivity index (χ4n) is 9.47. The van der Waals surface area contributed by atoms with Gasteiger partial charge in [-0.2, -0.15) is 0 Å². The van der Waals surface area contributed by atoms with E-state index in [9.17, 15) is 81.7 Å². The quantitative estimate of drug-likeness (QED) is 0.0448. The Labute approximate surface area is 444 Å². The van der Waals surface area contributed by atoms with Crippen molar-refractivity contribution in [1.29, 1.82) is 0 Å². The predicted molar refractivity (Wildman–Crippen MR) is 255 cm³/mol. The molecule has 28 nitrogen and oxygen atoms in total. The topological polar surface area (TPSA) is 434 Å². The van der Waals surface area contributed by atoms with E-state index in [1.165, 1.54) is 13.8 Å². The molecule has 6 saturated heterocycles. The monoisotopic (exact) mass is 1120 g/mol. The normalized spacial score (nSPS) is 46.8. The van der Waals surface area contributed by atoms with Crippen LogP contribution in [0.25, 0.3) is 0 Å². The maximum Gasteiger partial charge on any atom is 0.187 e. The molecule has 16 N–H and O–H groups in total. The molecule has 6 heterocycles. The Morgan fingerprint density at radius 2 is 0.779 bits per heavy atom. The second kappa shape index (κ2) is 29.4. The lowest BCUT2D eigenvalue weighted by Crippen LogP contribution is -2.66. The SMILES string of the molecule is C/C(=C\CC/C(C)=C/CO[C@@H]1O[C@H](CO)[C@@H](O)[C@H](O[C@@H]2OC[C@@H](O)[C@H](O)[C@H]2O)[C@H]1O[C@@H]1O[C@@H](C)[C@H](O)[C@@H](O)[C@H]1O)CC/C=C(\C)CO[C@@H]1O[C@H](CO)[C@@H](O)[C@H](O[C@@H]2OC[C@@H](O)[C@H](O)[C@H]2O)[C@H]1O[C@@H]1O[C@@H](C)[C@H](O)[C@@H](O)[C@H]1O. The molecule has 77 heavy (non-hydrogen) atoms. The zero-order valence-corrected chi connectivity index (χ0v) is 43.5. The molecule has 28 atom stereocenters. The van der Waals surface area contributed by atoms with Crippen LogP contribution < -0.4 is 0 Å². The first-order valence-electron chi connectivity index (χ1n) is 25.9. The van der Waals surface area contributed by atoms with Gasteiger partial charge in [-0.05, 0) is 60.3 Å². The van der Waals surface area contributed by atoms with E-state index in [4.69, 9.17) is 56.8 Å². The van der Waals surface area contributed by atoms with Crippen LogP contribution in [-0.2, 0) is 56.8 Å². The molecular formula is C49H82O28. The van der Waals surface area contributed by atoms with Crippen molar-refractivity contribution in [1.82, 2.24) is 0 Å². The first kappa shape index (κ1) is 64.3. The van der Waals surface area contributed by atoms with Gasteiger partial charge < -0.3 is 139 Å². The molecule has 0 aromatic rings. The van der Waals surface area contributed by atoms with Crippen LogP contribution in [0.4, 0.5) is 0 Å². The van der Waals surface area contributed by atoms with Crippen molar-refractivity contribution in [2.45, 2.75) is 232 Å². The van der Waals surface area contributed by atoms with Gasteiger partial charge in [0.25, 0.3) is 0 Å². The highest BCUT2D eigenvalue weighted by atomic mass is 16.8. The van der Waals surface area contributed by atoms with Crippen molar-refractivity contribution in [3.05, 3.63) is 34.9 Å². The van der Waals surface area contributed by atoms with Crippen molar-refractivity contribution >= 4 is 0 Å². The smallest absolute Gasteiger partial charge is 0.187 e. The Hall–Kier alpha value is -1.90. The van der Waals surface area contributed by atoms with Crippen molar-refractivity contribution < 1.29 is 139 Å². The zero-order valence-electron chi connectivity index (χ0n) is 43.5. The maximum atomic E-state index is 11.3. The maximum absolute atomic E-state index is 11.3. The van der Waals surface area contributed by atoms with Crippen LogP contribution in [0.1, 0.15) is 60.3 Å². The number of hydrogen-bond donors (Lipinski definition) is 16. The van der Waals surface area contributed by atoms with E-state index in [-0.39, 0.29) is 13.2 Å². The molecule has 0 radical (unpaired) electrons. The summed E-state index contributed by atoms with van der Waals surface area (Å²) in [5.41, 5.74) is 2.68. The van der Waals surface area contributed by atoms with E-state index < -0.39 is 198 Å². The number of aliphatic hydroxyl groups excluding tert-OH is 16. The number of allylic oxidation sites excluding steroid dienone is 4. The molecule has 0 spiro atoms. The molecule has 6 fully saturated rings. The van der Waals surface area contributed by atoms with Crippen LogP contribution in [0.15, 0.2) is 34.9 Å². The van der Waals surface area contributed by atoms with Gasteiger partial charge in [0.15, 0.2) is 37.7 Å². The molecule has 6 aliphatic heterocycles. The molecule has 0 aromatic heterocycles. The minimum absolute atomic E-state index is 0.0801. The molecule has 446 valence electrons. The molecule has 0 aromatic carbocycles. The Morgan fingerprint density at radius 1 is 0.403 bits per heavy atom. The summed E-state index contributed by atoms with van der Waals surface area (Å²) in [4.78, 5) is 0. The summed E-state index contributed by atoms with van der Waals surface area (Å²) in [5.74, 6) is 0. The lowest BCUT2D eigenvalue weighted by Gasteiger charge is -2.48. The lowest BCUT2D eigenvalue weighted by atomic mass is 9.97. The highest BCUT2D eigenvalue weighted by Gasteiger charge is 2.55. The van der Waals surface area contributed by atoms with Gasteiger partial charge in [0.1, 0.15) is 122 Å². The third-order valence-corrected chi connectivity index (χ3v) is 14.5. The van der Waals surface area contributed by atoms with Gasteiger partial charge in [0.05, 0.1) is 51.8 Å². The third-order valence-electron chi connectivity index (χ3n) is 14.5. The Morgan fingerprint density at radius 3 is 1.21 bits per heavy atom. The summed E-state index contributed by atoms with van der Waals surface area (Å²) in [6.07, 6.45) is -35.2. The highest BCUT2D eigenvalue weighted by Crippen LogP contribution is 2.36. The largest absolute Gasteiger partial charge is 0.394 e. The molecule has 0 bridgehead atoms. The summed E-state index contributed by atoms with van der Waals surface area (Å²) in [5, 5.41) is 168. The molecular weight excluding hydrogens is 1040 g/mol. The van der Waals surface area contributed by atoms with Gasteiger partial charge in [0.2, 0.25) is 0 Å². The molecule has 6 rings (SSSR count). The minimum Gasteiger partial charge on any atom is -0.394 e. The summed E-state index contributed by atoms with van der Waals surface area (Å²) in [6.45, 7) is 5.95. The van der Waals surface area contributed by atoms with Crippen LogP contribution in [0, 0.1) is 0 Å². The van der Waals surface area contributed by atoms with E-state index in [0.717, 1.165) is 16.7 Å². The second-order valence-electron chi connectivity index (χ2n) is 20.6. The van der Waals surface area contributed by atoms with Gasteiger partial charge in [-0.15, -0.1) is 0 Å². The Bertz CT molecular complexity index is 1880. The van der Waals surface area contributed by atoms with E-state index in [0.29, 0.717) is 25.7 Å². The van der Waals surface area contributed by atoms with Gasteiger partial charge >= 0.3 is 0 Å². The average Bonchev–Trinajstić information content (AvgIpc) is 3.41. The molecule has 6 aliphatic rings. The molecule has 0 saturated carbocycles. The van der Waals surface area contributed by atoms with E-state index in [2.05, 4.69) is 6.08 Å². The van der Waals surface area contributed by atoms with Crippen LogP contribution >= 0.6 is 0 Å². The molecule has 0 amide bonds. The number of ether oxygens (including phenoxy) is 12. The van der Waals surface area contributed by atoms with Crippen molar-refractivity contribution in [3.63, 3.8) is 0 Å². The van der Waals surface area contributed by atoms with Crippen LogP contribution in [0.5, 0.6) is 0 Å². The average molecular weight is 1120 g/mol. The number of aliphatic hydroxyl groups is 16. The van der Waals surface area contributed by atoms with Crippen LogP contribution in [-0.4, -0.2) is 293 Å². The molecule has 0 aliphatic carbocycles. The van der Waals surface area contributed by atoms with Gasteiger partial charge in [-0.3, -0.25) is 0 Å². The summed E-state index contributed by atoms with van der Waals surface area (Å²) in [7, 11) is 0. The fourth-order valence-corrected chi connectivity index (χ4v) is 9.47. The van der Waals surface area contributed by atoms with Gasteiger partial charge in [0, 0.05) is 0 Å². The standard InChI is InChI=1S/C49H82O28/c1-19(9-7-11-21(3)16-67-49-43(77-47-39(65)35(61)29(55)23(5)71-47)41(33(59)27(15-51)73-49)75-45-37(63)31(57)25(53)18-69-45)8-6-10-20(2)12-13-66-48-42(76-46-38(64)34(60)28(54)22(4)70-46)40(32(58)26(14-50)72-48)74-44-36(62)30(56)24(52)17-68-44/h8,11-12,22-65H,6-7,9-10,13-18H2,1-5H3/b19-8+,20-12+,21-11+/t22-,23-,24+,25+,26+,27+,28-,29-,30-,31-,32+,33+,34+,35+,36+,37+,38+,39+,40-,41-,42+,43+,44-,45-,46-,47-,48+,49+/m0/s1. The fraction of sp³-hybridized carbons (Fsp3) is 0.878. The summed E-state index contributed by atoms with van der Waals surface area (Å²) < 4.78 is 70.0. The number of rotatable bonds is 22. The van der Waals surface area contributed by atoms with Crippen molar-refractivity contribution in [2.24, 2.45) is 0 Å². The first-order chi connectivity index (χ1) is 36.5. The predicted octanol–water partition coefficient (Wildman–Crippen LogP) is -6.35. The number of hydrogen-bond acceptors (Lipinski definition) is 28. The van der Waals surface area contributed by atoms with Crippen molar-refractivity contribution in [3.8, 4) is 0 Å². The van der Waals surface area contributed by atoms with Crippen LogP contribution in [0.3, 0.4) is 0 Å². The molecule has 0 unspecified atom stereocenters. The Kier molecular flexibility index (Phi) is 24.5. The summed E-state index contributed by atoms with van der Waals surface area (Å²) in [6, 6.07) is 0. The zero-order chi connectivity index (χ0) is 56.6. The summed E-state index contributed by atoms with van der Waals surface area (Å²) >= 11 is 0. The lowest BCUT2D eigenvalue weighted by molar-refractivity contribution is -0.385. The van der Waals surface area contributed by atoms with Crippen LogP contribution in [0.2, 0.25) is 0 Å². The van der Waals surface area contributed by atoms with Crippen molar-refractivity contribution in [2.75, 3.05) is 39.6 Å². The second-order valence-corrected chi connectivity index (χ2v) is 20.6.